The number of rotatable bonds is 11. The largest absolute Gasteiger partial charge is 0.467 e. The van der Waals surface area contributed by atoms with Crippen LogP contribution in [0.4, 0.5) is 0 Å². The molecule has 0 bridgehead atoms. The highest BCUT2D eigenvalue weighted by atomic mass is 127. The fourth-order valence-electron chi connectivity index (χ4n) is 1.80. The average Bonchev–Trinajstić information content (AvgIpc) is 3.07. The second-order valence-corrected chi connectivity index (χ2v) is 6.03. The number of aliphatic imine (C=N–C) groups is 1. The van der Waals surface area contributed by atoms with Gasteiger partial charge in [-0.1, -0.05) is 6.92 Å². The van der Waals surface area contributed by atoms with Gasteiger partial charge in [-0.25, -0.2) is 4.99 Å². The summed E-state index contributed by atoms with van der Waals surface area (Å²) in [5, 5.41) is 9.35. The maximum absolute atomic E-state index is 11.6. The summed E-state index contributed by atoms with van der Waals surface area (Å²) in [6.07, 6.45) is 6.19. The molecule has 0 aliphatic heterocycles. The van der Waals surface area contributed by atoms with E-state index in [1.54, 1.807) is 6.26 Å². The first-order valence-corrected chi connectivity index (χ1v) is 9.45. The van der Waals surface area contributed by atoms with E-state index in [-0.39, 0.29) is 29.9 Å². The van der Waals surface area contributed by atoms with E-state index in [1.807, 2.05) is 30.8 Å². The van der Waals surface area contributed by atoms with Gasteiger partial charge in [0.2, 0.25) is 5.91 Å². The predicted molar refractivity (Wildman–Crippen MR) is 112 cm³/mol. The number of nitrogens with zero attached hydrogens (tertiary/aromatic N) is 1. The van der Waals surface area contributed by atoms with Gasteiger partial charge in [-0.05, 0) is 37.0 Å². The van der Waals surface area contributed by atoms with E-state index in [0.29, 0.717) is 25.5 Å². The molecule has 0 atom stereocenters. The third kappa shape index (κ3) is 11.6. The summed E-state index contributed by atoms with van der Waals surface area (Å²) in [4.78, 5) is 16.1. The normalized spacial score (nSPS) is 10.8. The van der Waals surface area contributed by atoms with Gasteiger partial charge in [0.1, 0.15) is 12.3 Å². The van der Waals surface area contributed by atoms with E-state index in [4.69, 9.17) is 4.42 Å². The molecule has 0 fully saturated rings. The minimum absolute atomic E-state index is 0. The van der Waals surface area contributed by atoms with E-state index in [0.717, 1.165) is 37.4 Å². The van der Waals surface area contributed by atoms with Crippen molar-refractivity contribution in [3.63, 3.8) is 0 Å². The van der Waals surface area contributed by atoms with Crippen LogP contribution in [0.25, 0.3) is 0 Å². The number of carbonyl (C=O) groups excluding carboxylic acids is 1. The molecule has 0 saturated heterocycles. The van der Waals surface area contributed by atoms with E-state index in [2.05, 4.69) is 27.2 Å². The maximum Gasteiger partial charge on any atom is 0.221 e. The molecule has 1 aromatic rings. The zero-order valence-corrected chi connectivity index (χ0v) is 17.6. The lowest BCUT2D eigenvalue weighted by Crippen LogP contribution is -2.40. The van der Waals surface area contributed by atoms with Crippen molar-refractivity contribution in [2.75, 3.05) is 31.6 Å². The van der Waals surface area contributed by atoms with Gasteiger partial charge in [-0.3, -0.25) is 4.79 Å². The molecule has 0 spiro atoms. The molecule has 8 heteroatoms. The number of amides is 1. The van der Waals surface area contributed by atoms with Crippen molar-refractivity contribution >= 4 is 47.6 Å². The number of thioether (sulfide) groups is 1. The molecule has 0 radical (unpaired) electrons. The monoisotopic (exact) mass is 468 g/mol. The molecule has 0 aromatic carbocycles. The smallest absolute Gasteiger partial charge is 0.221 e. The van der Waals surface area contributed by atoms with Crippen LogP contribution in [0, 0.1) is 0 Å². The molecule has 1 amide bonds. The first-order chi connectivity index (χ1) is 11.3. The summed E-state index contributed by atoms with van der Waals surface area (Å²) >= 11 is 1.83. The fourth-order valence-corrected chi connectivity index (χ4v) is 2.24. The van der Waals surface area contributed by atoms with Crippen LogP contribution in [0.1, 0.15) is 31.9 Å². The molecular weight excluding hydrogens is 439 g/mol. The molecular formula is C16H29IN4O2S. The summed E-state index contributed by atoms with van der Waals surface area (Å²) in [7, 11) is 0. The van der Waals surface area contributed by atoms with Crippen LogP contribution < -0.4 is 16.0 Å². The van der Waals surface area contributed by atoms with Crippen molar-refractivity contribution in [2.24, 2.45) is 4.99 Å². The quantitative estimate of drug-likeness (QED) is 0.202. The zero-order valence-electron chi connectivity index (χ0n) is 14.5. The van der Waals surface area contributed by atoms with Gasteiger partial charge in [0.05, 0.1) is 6.26 Å². The maximum atomic E-state index is 11.6. The molecule has 0 aliphatic carbocycles. The van der Waals surface area contributed by atoms with Crippen LogP contribution >= 0.6 is 35.7 Å². The first-order valence-electron chi connectivity index (χ1n) is 8.06. The zero-order chi connectivity index (χ0) is 16.8. The van der Waals surface area contributed by atoms with Crippen molar-refractivity contribution in [1.29, 1.82) is 0 Å². The Labute approximate surface area is 166 Å². The summed E-state index contributed by atoms with van der Waals surface area (Å²) in [6.45, 7) is 4.66. The van der Waals surface area contributed by atoms with Gasteiger partial charge in [0, 0.05) is 26.1 Å². The van der Waals surface area contributed by atoms with Crippen LogP contribution in [0.3, 0.4) is 0 Å². The standard InChI is InChI=1S/C16H28N4O2S.HI/c1-3-8-17-15(21)7-10-19-16(18-9-5-12-23-2)20-13-14-6-4-11-22-14;/h4,6,11H,3,5,7-10,12-13H2,1-2H3,(H,17,21)(H2,18,19,20);1H. The SMILES string of the molecule is CCCNC(=O)CCNC(=NCc1ccco1)NCCCSC.I. The lowest BCUT2D eigenvalue weighted by atomic mass is 10.3. The van der Waals surface area contributed by atoms with Gasteiger partial charge >= 0.3 is 0 Å². The fraction of sp³-hybridized carbons (Fsp3) is 0.625. The van der Waals surface area contributed by atoms with E-state index in [9.17, 15) is 4.79 Å². The molecule has 0 saturated carbocycles. The highest BCUT2D eigenvalue weighted by Gasteiger charge is 2.03. The Hall–Kier alpha value is -0.900. The first kappa shape index (κ1) is 23.1. The van der Waals surface area contributed by atoms with Crippen molar-refractivity contribution < 1.29 is 9.21 Å². The average molecular weight is 468 g/mol. The Morgan fingerprint density at radius 2 is 2.04 bits per heavy atom. The Morgan fingerprint density at radius 1 is 1.25 bits per heavy atom. The number of nitrogens with one attached hydrogen (secondary N) is 3. The van der Waals surface area contributed by atoms with Crippen molar-refractivity contribution in [3.8, 4) is 0 Å². The van der Waals surface area contributed by atoms with Crippen molar-refractivity contribution in [1.82, 2.24) is 16.0 Å². The molecule has 138 valence electrons. The lowest BCUT2D eigenvalue weighted by Gasteiger charge is -2.12. The lowest BCUT2D eigenvalue weighted by molar-refractivity contribution is -0.120. The Bertz CT molecular complexity index is 455. The third-order valence-corrected chi connectivity index (χ3v) is 3.70. The molecule has 0 aliphatic rings. The van der Waals surface area contributed by atoms with Crippen LogP contribution in [0.5, 0.6) is 0 Å². The third-order valence-electron chi connectivity index (χ3n) is 3.01. The number of guanidine groups is 1. The second-order valence-electron chi connectivity index (χ2n) is 5.04. The Morgan fingerprint density at radius 3 is 2.71 bits per heavy atom. The summed E-state index contributed by atoms with van der Waals surface area (Å²) in [5.74, 6) is 2.70. The Balaban J connectivity index is 0.00000529. The van der Waals surface area contributed by atoms with Gasteiger partial charge < -0.3 is 20.4 Å². The van der Waals surface area contributed by atoms with Crippen molar-refractivity contribution in [3.05, 3.63) is 24.2 Å². The van der Waals surface area contributed by atoms with E-state index >= 15 is 0 Å². The molecule has 1 heterocycles. The van der Waals surface area contributed by atoms with Gasteiger partial charge in [-0.15, -0.1) is 24.0 Å². The molecule has 3 N–H and O–H groups in total. The van der Waals surface area contributed by atoms with Gasteiger partial charge in [-0.2, -0.15) is 11.8 Å². The highest BCUT2D eigenvalue weighted by molar-refractivity contribution is 14.0. The minimum atomic E-state index is 0. The van der Waals surface area contributed by atoms with E-state index in [1.165, 1.54) is 0 Å². The number of hydrogen-bond acceptors (Lipinski definition) is 4. The highest BCUT2D eigenvalue weighted by Crippen LogP contribution is 2.01. The number of hydrogen-bond donors (Lipinski definition) is 3. The Kier molecular flexibility index (Phi) is 15.0. The number of carbonyl (C=O) groups is 1. The van der Waals surface area contributed by atoms with Crippen LogP contribution in [-0.2, 0) is 11.3 Å². The number of halogens is 1. The molecule has 24 heavy (non-hydrogen) atoms. The predicted octanol–water partition coefficient (Wildman–Crippen LogP) is 2.60. The number of furan rings is 1. The molecule has 6 nitrogen and oxygen atoms in total. The van der Waals surface area contributed by atoms with Gasteiger partial charge in [0.25, 0.3) is 0 Å². The summed E-state index contributed by atoms with van der Waals surface area (Å²) in [5.41, 5.74) is 0. The minimum Gasteiger partial charge on any atom is -0.467 e. The van der Waals surface area contributed by atoms with E-state index < -0.39 is 0 Å². The summed E-state index contributed by atoms with van der Waals surface area (Å²) in [6, 6.07) is 3.74. The van der Waals surface area contributed by atoms with Crippen LogP contribution in [0.2, 0.25) is 0 Å². The molecule has 1 aromatic heterocycles. The molecule has 1 rings (SSSR count). The molecule has 0 unspecified atom stereocenters. The van der Waals surface area contributed by atoms with Crippen LogP contribution in [-0.4, -0.2) is 43.5 Å². The van der Waals surface area contributed by atoms with Crippen molar-refractivity contribution in [2.45, 2.75) is 32.7 Å². The topological polar surface area (TPSA) is 78.7 Å². The van der Waals surface area contributed by atoms with Crippen LogP contribution in [0.15, 0.2) is 27.8 Å². The second kappa shape index (κ2) is 15.6. The summed E-state index contributed by atoms with van der Waals surface area (Å²) < 4.78 is 5.28. The van der Waals surface area contributed by atoms with Gasteiger partial charge in [0.15, 0.2) is 5.96 Å².